The van der Waals surface area contributed by atoms with Crippen molar-refractivity contribution in [3.63, 3.8) is 0 Å². The van der Waals surface area contributed by atoms with Crippen LogP contribution in [0.5, 0.6) is 0 Å². The number of halogens is 3. The van der Waals surface area contributed by atoms with Crippen LogP contribution < -0.4 is 10.5 Å². The van der Waals surface area contributed by atoms with E-state index >= 15 is 0 Å². The van der Waals surface area contributed by atoms with Crippen LogP contribution in [-0.4, -0.2) is 18.2 Å². The third-order valence-corrected chi connectivity index (χ3v) is 3.75. The van der Waals surface area contributed by atoms with E-state index in [0.29, 0.717) is 6.07 Å². The molecule has 0 aliphatic carbocycles. The Morgan fingerprint density at radius 1 is 1.20 bits per heavy atom. The fourth-order valence-corrected chi connectivity index (χ4v) is 2.65. The largest absolute Gasteiger partial charge is 0.381 e. The Labute approximate surface area is 112 Å². The maximum atomic E-state index is 13.4. The molecule has 0 fully saturated rings. The van der Waals surface area contributed by atoms with Gasteiger partial charge in [-0.3, -0.25) is 9.40 Å². The minimum absolute atomic E-state index is 0.236. The summed E-state index contributed by atoms with van der Waals surface area (Å²) in [6, 6.07) is 0.633. The molecule has 0 unspecified atom stereocenters. The summed E-state index contributed by atoms with van der Waals surface area (Å²) in [5.74, 6) is -4.37. The van der Waals surface area contributed by atoms with E-state index in [9.17, 15) is 21.6 Å². The highest BCUT2D eigenvalue weighted by molar-refractivity contribution is 7.92. The standard InChI is InChI=1S/C10H9F3N4O2S/c1-17-4-9(10(14)15-17)20(18,19)16-8-3-6(12)5(11)2-7(8)13/h2-4,16H,1H3,(H2,14,15). The molecule has 108 valence electrons. The van der Waals surface area contributed by atoms with Crippen molar-refractivity contribution >= 4 is 21.5 Å². The van der Waals surface area contributed by atoms with Crippen LogP contribution in [0.25, 0.3) is 0 Å². The molecule has 2 aromatic rings. The average molecular weight is 306 g/mol. The number of anilines is 2. The molecule has 10 heteroatoms. The Morgan fingerprint density at radius 2 is 1.80 bits per heavy atom. The Bertz CT molecular complexity index is 773. The Morgan fingerprint density at radius 3 is 2.35 bits per heavy atom. The first-order chi connectivity index (χ1) is 9.20. The molecule has 6 nitrogen and oxygen atoms in total. The highest BCUT2D eigenvalue weighted by Crippen LogP contribution is 2.23. The molecule has 1 heterocycles. The molecule has 0 amide bonds. The summed E-state index contributed by atoms with van der Waals surface area (Å²) in [4.78, 5) is -0.399. The maximum Gasteiger partial charge on any atom is 0.267 e. The van der Waals surface area contributed by atoms with Gasteiger partial charge in [0, 0.05) is 25.4 Å². The van der Waals surface area contributed by atoms with Gasteiger partial charge in [0.25, 0.3) is 10.0 Å². The van der Waals surface area contributed by atoms with E-state index in [0.717, 1.165) is 10.9 Å². The van der Waals surface area contributed by atoms with Gasteiger partial charge in [-0.15, -0.1) is 0 Å². The second-order valence-corrected chi connectivity index (χ2v) is 5.55. The molecule has 0 bridgehead atoms. The molecule has 0 spiro atoms. The summed E-state index contributed by atoms with van der Waals surface area (Å²) in [5.41, 5.74) is 4.66. The normalized spacial score (nSPS) is 11.6. The van der Waals surface area contributed by atoms with Crippen molar-refractivity contribution in [2.75, 3.05) is 10.5 Å². The number of aromatic nitrogens is 2. The van der Waals surface area contributed by atoms with E-state index in [1.54, 1.807) is 4.72 Å². The molecule has 20 heavy (non-hydrogen) atoms. The molecule has 0 aliphatic rings. The van der Waals surface area contributed by atoms with Crippen molar-refractivity contribution in [3.8, 4) is 0 Å². The molecular formula is C10H9F3N4O2S. The van der Waals surface area contributed by atoms with Crippen molar-refractivity contribution in [3.05, 3.63) is 35.8 Å². The zero-order chi connectivity index (χ0) is 15.1. The SMILES string of the molecule is Cn1cc(S(=O)(=O)Nc2cc(F)c(F)cc2F)c(N)n1. The number of hydrogen-bond donors (Lipinski definition) is 2. The van der Waals surface area contributed by atoms with Crippen LogP contribution in [0, 0.1) is 17.5 Å². The molecule has 2 rings (SSSR count). The van der Waals surface area contributed by atoms with Crippen LogP contribution in [0.2, 0.25) is 0 Å². The number of nitrogens with two attached hydrogens (primary N) is 1. The summed E-state index contributed by atoms with van der Waals surface area (Å²) < 4.78 is 66.0. The lowest BCUT2D eigenvalue weighted by molar-refractivity contribution is 0.496. The molecule has 0 saturated carbocycles. The quantitative estimate of drug-likeness (QED) is 0.834. The van der Waals surface area contributed by atoms with Crippen molar-refractivity contribution in [2.45, 2.75) is 4.90 Å². The van der Waals surface area contributed by atoms with Gasteiger partial charge >= 0.3 is 0 Å². The van der Waals surface area contributed by atoms with Gasteiger partial charge in [-0.05, 0) is 0 Å². The number of rotatable bonds is 3. The number of benzene rings is 1. The lowest BCUT2D eigenvalue weighted by Crippen LogP contribution is -2.15. The molecule has 1 aromatic heterocycles. The zero-order valence-corrected chi connectivity index (χ0v) is 10.9. The maximum absolute atomic E-state index is 13.4. The van der Waals surface area contributed by atoms with E-state index < -0.39 is 38.1 Å². The van der Waals surface area contributed by atoms with Crippen LogP contribution in [-0.2, 0) is 17.1 Å². The first-order valence-electron chi connectivity index (χ1n) is 5.17. The fourth-order valence-electron chi connectivity index (χ4n) is 1.49. The lowest BCUT2D eigenvalue weighted by atomic mass is 10.3. The van der Waals surface area contributed by atoms with Crippen LogP contribution in [0.3, 0.4) is 0 Å². The van der Waals surface area contributed by atoms with Gasteiger partial charge in [0.05, 0.1) is 5.69 Å². The Kier molecular flexibility index (Phi) is 3.34. The Balaban J connectivity index is 2.43. The predicted molar refractivity (Wildman–Crippen MR) is 64.7 cm³/mol. The van der Waals surface area contributed by atoms with E-state index in [1.807, 2.05) is 0 Å². The van der Waals surface area contributed by atoms with Gasteiger partial charge in [0.15, 0.2) is 17.5 Å². The van der Waals surface area contributed by atoms with Crippen molar-refractivity contribution in [1.29, 1.82) is 0 Å². The highest BCUT2D eigenvalue weighted by Gasteiger charge is 2.23. The topological polar surface area (TPSA) is 90.0 Å². The first kappa shape index (κ1) is 14.2. The van der Waals surface area contributed by atoms with E-state index in [4.69, 9.17) is 5.73 Å². The molecule has 0 aliphatic heterocycles. The van der Waals surface area contributed by atoms with Gasteiger partial charge in [-0.25, -0.2) is 21.6 Å². The van der Waals surface area contributed by atoms with Crippen LogP contribution in [0.4, 0.5) is 24.7 Å². The number of aryl methyl sites for hydroxylation is 1. The number of sulfonamides is 1. The minimum atomic E-state index is -4.26. The van der Waals surface area contributed by atoms with Crippen LogP contribution >= 0.6 is 0 Å². The van der Waals surface area contributed by atoms with Gasteiger partial charge in [0.2, 0.25) is 0 Å². The molecule has 0 radical (unpaired) electrons. The molecule has 0 atom stereocenters. The molecule has 0 saturated heterocycles. The van der Waals surface area contributed by atoms with Crippen LogP contribution in [0.1, 0.15) is 0 Å². The monoisotopic (exact) mass is 306 g/mol. The second kappa shape index (κ2) is 4.71. The van der Waals surface area contributed by atoms with E-state index in [1.165, 1.54) is 7.05 Å². The first-order valence-corrected chi connectivity index (χ1v) is 6.65. The number of hydrogen-bond acceptors (Lipinski definition) is 4. The number of nitrogen functional groups attached to an aromatic ring is 1. The summed E-state index contributed by atoms with van der Waals surface area (Å²) in [5, 5.41) is 3.62. The summed E-state index contributed by atoms with van der Waals surface area (Å²) in [7, 11) is -2.82. The summed E-state index contributed by atoms with van der Waals surface area (Å²) in [6.07, 6.45) is 1.09. The smallest absolute Gasteiger partial charge is 0.267 e. The van der Waals surface area contributed by atoms with Crippen LogP contribution in [0.15, 0.2) is 23.2 Å². The lowest BCUT2D eigenvalue weighted by Gasteiger charge is -2.08. The summed E-state index contributed by atoms with van der Waals surface area (Å²) in [6.45, 7) is 0. The number of nitrogens with zero attached hydrogens (tertiary/aromatic N) is 2. The third kappa shape index (κ3) is 2.54. The van der Waals surface area contributed by atoms with Gasteiger partial charge < -0.3 is 5.73 Å². The van der Waals surface area contributed by atoms with Gasteiger partial charge in [-0.2, -0.15) is 5.10 Å². The van der Waals surface area contributed by atoms with Crippen molar-refractivity contribution in [2.24, 2.45) is 7.05 Å². The van der Waals surface area contributed by atoms with Gasteiger partial charge in [-0.1, -0.05) is 0 Å². The van der Waals surface area contributed by atoms with E-state index in [-0.39, 0.29) is 11.9 Å². The Hall–Kier alpha value is -2.23. The average Bonchev–Trinajstić information content (AvgIpc) is 2.66. The third-order valence-electron chi connectivity index (χ3n) is 2.37. The number of nitrogens with one attached hydrogen (secondary N) is 1. The molecular weight excluding hydrogens is 297 g/mol. The van der Waals surface area contributed by atoms with Crippen molar-refractivity contribution in [1.82, 2.24) is 9.78 Å². The minimum Gasteiger partial charge on any atom is -0.381 e. The highest BCUT2D eigenvalue weighted by atomic mass is 32.2. The zero-order valence-electron chi connectivity index (χ0n) is 10.1. The van der Waals surface area contributed by atoms with Crippen molar-refractivity contribution < 1.29 is 21.6 Å². The fraction of sp³-hybridized carbons (Fsp3) is 0.100. The van der Waals surface area contributed by atoms with Gasteiger partial charge in [0.1, 0.15) is 10.7 Å². The molecule has 3 N–H and O–H groups in total. The predicted octanol–water partition coefficient (Wildman–Crippen LogP) is 1.22. The van der Waals surface area contributed by atoms with E-state index in [2.05, 4.69) is 5.10 Å². The molecule has 1 aromatic carbocycles. The summed E-state index contributed by atoms with van der Waals surface area (Å²) >= 11 is 0. The second-order valence-electron chi connectivity index (χ2n) is 3.90.